The Hall–Kier alpha value is -2.57. The molecule has 3 rings (SSSR count). The number of para-hydroxylation sites is 2. The summed E-state index contributed by atoms with van der Waals surface area (Å²) in [5.41, 5.74) is 1.70. The van der Waals surface area contributed by atoms with Crippen LogP contribution < -0.4 is 4.74 Å². The van der Waals surface area contributed by atoms with E-state index in [2.05, 4.69) is 11.9 Å². The van der Waals surface area contributed by atoms with Gasteiger partial charge in [0.2, 0.25) is 0 Å². The van der Waals surface area contributed by atoms with E-state index < -0.39 is 0 Å². The van der Waals surface area contributed by atoms with Gasteiger partial charge in [0.05, 0.1) is 29.8 Å². The second-order valence-corrected chi connectivity index (χ2v) is 7.67. The first-order chi connectivity index (χ1) is 14.1. The summed E-state index contributed by atoms with van der Waals surface area (Å²) in [6, 6.07) is 17.4. The van der Waals surface area contributed by atoms with Gasteiger partial charge in [-0.2, -0.15) is 0 Å². The normalized spacial score (nSPS) is 17.9. The number of benzene rings is 2. The Morgan fingerprint density at radius 3 is 2.59 bits per heavy atom. The van der Waals surface area contributed by atoms with Crippen molar-refractivity contribution in [1.82, 2.24) is 4.90 Å². The van der Waals surface area contributed by atoms with Crippen molar-refractivity contribution in [2.45, 2.75) is 26.4 Å². The lowest BCUT2D eigenvalue weighted by Crippen LogP contribution is -2.32. The third-order valence-corrected chi connectivity index (χ3v) is 5.50. The highest BCUT2D eigenvalue weighted by Crippen LogP contribution is 2.35. The average molecular weight is 411 g/mol. The first-order valence-corrected chi connectivity index (χ1v) is 10.5. The second-order valence-electron chi connectivity index (χ2n) is 6.66. The predicted octanol–water partition coefficient (Wildman–Crippen LogP) is 5.11. The van der Waals surface area contributed by atoms with Crippen LogP contribution in [0, 0.1) is 0 Å². The van der Waals surface area contributed by atoms with Gasteiger partial charge in [0, 0.05) is 12.7 Å². The van der Waals surface area contributed by atoms with E-state index in [0.29, 0.717) is 23.2 Å². The van der Waals surface area contributed by atoms with Gasteiger partial charge in [-0.25, -0.2) is 4.99 Å². The number of aliphatic imine (C=N–C) groups is 1. The SMILES string of the molecule is CC[C@@H](C)Oc1ccccc1/C=C1/SC(=Nc2ccccc2)N(CCOC)C1=O. The highest BCUT2D eigenvalue weighted by Gasteiger charge is 2.33. The first kappa shape index (κ1) is 21.1. The zero-order valence-corrected chi connectivity index (χ0v) is 17.8. The highest BCUT2D eigenvalue weighted by molar-refractivity contribution is 8.18. The summed E-state index contributed by atoms with van der Waals surface area (Å²) in [5.74, 6) is 0.708. The third-order valence-electron chi connectivity index (χ3n) is 4.50. The van der Waals surface area contributed by atoms with Gasteiger partial charge in [-0.05, 0) is 49.4 Å². The van der Waals surface area contributed by atoms with Crippen LogP contribution >= 0.6 is 11.8 Å². The molecule has 1 fully saturated rings. The molecule has 2 aromatic carbocycles. The molecular formula is C23H26N2O3S. The van der Waals surface area contributed by atoms with Crippen LogP contribution in [-0.2, 0) is 9.53 Å². The maximum Gasteiger partial charge on any atom is 0.266 e. The molecule has 1 aliphatic heterocycles. The van der Waals surface area contributed by atoms with Crippen molar-refractivity contribution in [3.05, 3.63) is 65.1 Å². The number of amidine groups is 1. The lowest BCUT2D eigenvalue weighted by Gasteiger charge is -2.15. The molecular weight excluding hydrogens is 384 g/mol. The van der Waals surface area contributed by atoms with E-state index in [1.54, 1.807) is 12.0 Å². The molecule has 0 N–H and O–H groups in total. The van der Waals surface area contributed by atoms with Crippen LogP contribution in [0.15, 0.2) is 64.5 Å². The number of hydrogen-bond acceptors (Lipinski definition) is 5. The van der Waals surface area contributed by atoms with Crippen LogP contribution in [0.4, 0.5) is 5.69 Å². The summed E-state index contributed by atoms with van der Waals surface area (Å²) in [4.78, 5) is 20.0. The minimum Gasteiger partial charge on any atom is -0.490 e. The fourth-order valence-corrected chi connectivity index (χ4v) is 3.75. The van der Waals surface area contributed by atoms with Crippen LogP contribution in [0.1, 0.15) is 25.8 Å². The number of hydrogen-bond donors (Lipinski definition) is 0. The number of carbonyl (C=O) groups is 1. The molecule has 1 amide bonds. The Morgan fingerprint density at radius 1 is 1.14 bits per heavy atom. The Morgan fingerprint density at radius 2 is 1.86 bits per heavy atom. The number of nitrogens with zero attached hydrogens (tertiary/aromatic N) is 2. The molecule has 152 valence electrons. The van der Waals surface area contributed by atoms with E-state index in [4.69, 9.17) is 9.47 Å². The summed E-state index contributed by atoms with van der Waals surface area (Å²) in [6.07, 6.45) is 2.91. The van der Waals surface area contributed by atoms with Gasteiger partial charge >= 0.3 is 0 Å². The molecule has 0 unspecified atom stereocenters. The molecule has 6 heteroatoms. The lowest BCUT2D eigenvalue weighted by molar-refractivity contribution is -0.122. The Kier molecular flexibility index (Phi) is 7.49. The van der Waals surface area contributed by atoms with E-state index >= 15 is 0 Å². The molecule has 0 spiro atoms. The summed E-state index contributed by atoms with van der Waals surface area (Å²) in [5, 5.41) is 0.657. The molecule has 5 nitrogen and oxygen atoms in total. The predicted molar refractivity (Wildman–Crippen MR) is 120 cm³/mol. The van der Waals surface area contributed by atoms with Gasteiger partial charge in [-0.1, -0.05) is 43.3 Å². The van der Waals surface area contributed by atoms with Crippen molar-refractivity contribution in [3.63, 3.8) is 0 Å². The van der Waals surface area contributed by atoms with Crippen LogP contribution in [0.2, 0.25) is 0 Å². The molecule has 1 saturated heterocycles. The van der Waals surface area contributed by atoms with E-state index in [0.717, 1.165) is 23.4 Å². The minimum absolute atomic E-state index is 0.0694. The Labute approximate surface area is 176 Å². The summed E-state index contributed by atoms with van der Waals surface area (Å²) >= 11 is 1.38. The highest BCUT2D eigenvalue weighted by atomic mass is 32.2. The van der Waals surface area contributed by atoms with Crippen LogP contribution in [-0.4, -0.2) is 42.3 Å². The zero-order chi connectivity index (χ0) is 20.6. The van der Waals surface area contributed by atoms with E-state index in [9.17, 15) is 4.79 Å². The van der Waals surface area contributed by atoms with Crippen molar-refractivity contribution in [2.75, 3.05) is 20.3 Å². The maximum atomic E-state index is 13.1. The lowest BCUT2D eigenvalue weighted by atomic mass is 10.1. The first-order valence-electron chi connectivity index (χ1n) is 9.72. The number of thioether (sulfide) groups is 1. The molecule has 0 radical (unpaired) electrons. The van der Waals surface area contributed by atoms with E-state index in [1.807, 2.05) is 67.6 Å². The number of amides is 1. The standard InChI is InChI=1S/C23H26N2O3S/c1-4-17(2)28-20-13-9-8-10-18(20)16-21-22(26)25(14-15-27-3)23(29-21)24-19-11-6-5-7-12-19/h5-13,16-17H,4,14-15H2,1-3H3/b21-16+,24-23?/t17-/m1/s1. The number of carbonyl (C=O) groups excluding carboxylic acids is 1. The minimum atomic E-state index is -0.0694. The van der Waals surface area contributed by atoms with Crippen molar-refractivity contribution in [3.8, 4) is 5.75 Å². The summed E-state index contributed by atoms with van der Waals surface area (Å²) in [6.45, 7) is 5.02. The molecule has 0 aliphatic carbocycles. The summed E-state index contributed by atoms with van der Waals surface area (Å²) < 4.78 is 11.2. The van der Waals surface area contributed by atoms with Crippen LogP contribution in [0.3, 0.4) is 0 Å². The molecule has 1 aliphatic rings. The van der Waals surface area contributed by atoms with E-state index in [1.165, 1.54) is 11.8 Å². The van der Waals surface area contributed by atoms with Gasteiger partial charge < -0.3 is 9.47 Å². The molecule has 0 aromatic heterocycles. The fourth-order valence-electron chi connectivity index (χ4n) is 2.73. The van der Waals surface area contributed by atoms with Gasteiger partial charge in [0.1, 0.15) is 5.75 Å². The smallest absolute Gasteiger partial charge is 0.266 e. The molecule has 29 heavy (non-hydrogen) atoms. The molecule has 1 heterocycles. The monoisotopic (exact) mass is 410 g/mol. The average Bonchev–Trinajstić information content (AvgIpc) is 3.02. The number of rotatable bonds is 8. The molecule has 0 saturated carbocycles. The third kappa shape index (κ3) is 5.49. The number of methoxy groups -OCH3 is 1. The van der Waals surface area contributed by atoms with Crippen LogP contribution in [0.5, 0.6) is 5.75 Å². The fraction of sp³-hybridized carbons (Fsp3) is 0.304. The van der Waals surface area contributed by atoms with Crippen LogP contribution in [0.25, 0.3) is 6.08 Å². The summed E-state index contributed by atoms with van der Waals surface area (Å²) in [7, 11) is 1.63. The Balaban J connectivity index is 1.92. The quantitative estimate of drug-likeness (QED) is 0.567. The van der Waals surface area contributed by atoms with Gasteiger partial charge in [0.25, 0.3) is 5.91 Å². The zero-order valence-electron chi connectivity index (χ0n) is 17.0. The van der Waals surface area contributed by atoms with Crippen molar-refractivity contribution < 1.29 is 14.3 Å². The largest absolute Gasteiger partial charge is 0.490 e. The van der Waals surface area contributed by atoms with Crippen molar-refractivity contribution in [1.29, 1.82) is 0 Å². The molecule has 1 atom stereocenters. The second kappa shape index (κ2) is 10.3. The molecule has 0 bridgehead atoms. The van der Waals surface area contributed by atoms with Gasteiger partial charge in [0.15, 0.2) is 5.17 Å². The van der Waals surface area contributed by atoms with E-state index in [-0.39, 0.29) is 12.0 Å². The number of ether oxygens (including phenoxy) is 2. The van der Waals surface area contributed by atoms with Crippen molar-refractivity contribution >= 4 is 34.6 Å². The topological polar surface area (TPSA) is 51.1 Å². The molecule has 2 aromatic rings. The van der Waals surface area contributed by atoms with Gasteiger partial charge in [-0.15, -0.1) is 0 Å². The maximum absolute atomic E-state index is 13.1. The van der Waals surface area contributed by atoms with Crippen molar-refractivity contribution in [2.24, 2.45) is 4.99 Å². The Bertz CT molecular complexity index is 896. The van der Waals surface area contributed by atoms with Gasteiger partial charge in [-0.3, -0.25) is 9.69 Å².